The van der Waals surface area contributed by atoms with Gasteiger partial charge in [0, 0.05) is 7.05 Å². The van der Waals surface area contributed by atoms with Crippen LogP contribution in [-0.2, 0) is 0 Å². The molecule has 0 N–H and O–H groups in total. The van der Waals surface area contributed by atoms with Crippen LogP contribution in [0.15, 0.2) is 150 Å². The summed E-state index contributed by atoms with van der Waals surface area (Å²) in [5, 5.41) is 12.8. The SMILES string of the molecule is COc1ccc(C=NN(C)c2ccccc2)cc1.COc1ccc(C=NN(c2ccccc2)c2ccccc2)cc1. The minimum atomic E-state index is 0.838. The molecule has 0 bridgehead atoms. The van der Waals surface area contributed by atoms with Crippen LogP contribution in [0.2, 0.25) is 0 Å². The van der Waals surface area contributed by atoms with Crippen molar-refractivity contribution in [3.63, 3.8) is 0 Å². The Morgan fingerprint density at radius 3 is 1.22 bits per heavy atom. The highest BCUT2D eigenvalue weighted by molar-refractivity contribution is 5.82. The van der Waals surface area contributed by atoms with E-state index in [-0.39, 0.29) is 0 Å². The Balaban J connectivity index is 0.000000195. The number of benzene rings is 5. The predicted molar refractivity (Wildman–Crippen MR) is 171 cm³/mol. The van der Waals surface area contributed by atoms with Gasteiger partial charge in [-0.2, -0.15) is 10.2 Å². The molecule has 0 unspecified atom stereocenters. The Bertz CT molecular complexity index is 1450. The lowest BCUT2D eigenvalue weighted by Crippen LogP contribution is -2.09. The van der Waals surface area contributed by atoms with E-state index in [2.05, 4.69) is 10.2 Å². The summed E-state index contributed by atoms with van der Waals surface area (Å²) in [4.78, 5) is 0. The second-order valence-electron chi connectivity index (χ2n) is 8.88. The summed E-state index contributed by atoms with van der Waals surface area (Å²) in [5.41, 5.74) is 5.15. The first-order valence-corrected chi connectivity index (χ1v) is 13.2. The molecule has 206 valence electrons. The molecule has 5 rings (SSSR count). The molecule has 0 aliphatic heterocycles. The van der Waals surface area contributed by atoms with E-state index in [0.29, 0.717) is 0 Å². The van der Waals surface area contributed by atoms with Gasteiger partial charge in [-0.1, -0.05) is 54.6 Å². The molecule has 6 nitrogen and oxygen atoms in total. The molecule has 0 aliphatic rings. The molecule has 0 saturated carbocycles. The topological polar surface area (TPSA) is 49.7 Å². The van der Waals surface area contributed by atoms with Gasteiger partial charge in [-0.3, -0.25) is 5.01 Å². The third-order valence-electron chi connectivity index (χ3n) is 6.07. The Hall–Kier alpha value is -5.36. The number of methoxy groups -OCH3 is 2. The minimum absolute atomic E-state index is 0.838. The molecule has 0 fully saturated rings. The molecule has 41 heavy (non-hydrogen) atoms. The number of nitrogens with zero attached hydrogens (tertiary/aromatic N) is 4. The summed E-state index contributed by atoms with van der Waals surface area (Å²) < 4.78 is 10.3. The first-order valence-electron chi connectivity index (χ1n) is 13.2. The summed E-state index contributed by atoms with van der Waals surface area (Å²) >= 11 is 0. The van der Waals surface area contributed by atoms with Gasteiger partial charge in [-0.05, 0) is 96.1 Å². The van der Waals surface area contributed by atoms with Gasteiger partial charge >= 0.3 is 0 Å². The zero-order valence-corrected chi connectivity index (χ0v) is 23.5. The number of hydrazone groups is 2. The minimum Gasteiger partial charge on any atom is -0.497 e. The highest BCUT2D eigenvalue weighted by Gasteiger charge is 2.06. The van der Waals surface area contributed by atoms with Crippen molar-refractivity contribution in [1.82, 2.24) is 0 Å². The fourth-order valence-electron chi connectivity index (χ4n) is 3.79. The van der Waals surface area contributed by atoms with Crippen molar-refractivity contribution in [2.75, 3.05) is 31.3 Å². The van der Waals surface area contributed by atoms with Gasteiger partial charge in [0.1, 0.15) is 11.5 Å². The van der Waals surface area contributed by atoms with Crippen LogP contribution in [0.4, 0.5) is 17.1 Å². The van der Waals surface area contributed by atoms with Gasteiger partial charge in [0.15, 0.2) is 0 Å². The van der Waals surface area contributed by atoms with Crippen molar-refractivity contribution in [3.8, 4) is 11.5 Å². The van der Waals surface area contributed by atoms with Crippen molar-refractivity contribution in [1.29, 1.82) is 0 Å². The average Bonchev–Trinajstić information content (AvgIpc) is 3.06. The smallest absolute Gasteiger partial charge is 0.118 e. The molecule has 0 aromatic heterocycles. The van der Waals surface area contributed by atoms with E-state index < -0.39 is 0 Å². The highest BCUT2D eigenvalue weighted by Crippen LogP contribution is 2.25. The Kier molecular flexibility index (Phi) is 10.7. The summed E-state index contributed by atoms with van der Waals surface area (Å²) in [7, 11) is 5.25. The van der Waals surface area contributed by atoms with Crippen molar-refractivity contribution in [3.05, 3.63) is 151 Å². The maximum atomic E-state index is 5.18. The van der Waals surface area contributed by atoms with Gasteiger partial charge in [0.2, 0.25) is 0 Å². The third kappa shape index (κ3) is 8.83. The number of rotatable bonds is 9. The zero-order valence-electron chi connectivity index (χ0n) is 23.5. The number of ether oxygens (including phenoxy) is 2. The van der Waals surface area contributed by atoms with Gasteiger partial charge in [0.05, 0.1) is 43.7 Å². The molecule has 6 heteroatoms. The lowest BCUT2D eigenvalue weighted by molar-refractivity contribution is 0.414. The average molecular weight is 543 g/mol. The van der Waals surface area contributed by atoms with Crippen LogP contribution in [0.1, 0.15) is 11.1 Å². The van der Waals surface area contributed by atoms with E-state index in [0.717, 1.165) is 39.7 Å². The number of hydrogen-bond donors (Lipinski definition) is 0. The third-order valence-corrected chi connectivity index (χ3v) is 6.07. The number of anilines is 3. The summed E-state index contributed by atoms with van der Waals surface area (Å²) in [5.74, 6) is 1.69. The first-order chi connectivity index (χ1) is 20.2. The molecule has 0 aliphatic carbocycles. The van der Waals surface area contributed by atoms with E-state index in [1.807, 2.05) is 169 Å². The number of hydrogen-bond acceptors (Lipinski definition) is 6. The van der Waals surface area contributed by atoms with E-state index in [1.165, 1.54) is 0 Å². The van der Waals surface area contributed by atoms with Crippen LogP contribution < -0.4 is 19.5 Å². The molecular weight excluding hydrogens is 508 g/mol. The van der Waals surface area contributed by atoms with Crippen LogP contribution in [0.3, 0.4) is 0 Å². The van der Waals surface area contributed by atoms with E-state index in [4.69, 9.17) is 9.47 Å². The summed E-state index contributed by atoms with van der Waals surface area (Å²) in [6.45, 7) is 0. The Morgan fingerprint density at radius 2 is 0.829 bits per heavy atom. The van der Waals surface area contributed by atoms with Gasteiger partial charge in [0.25, 0.3) is 0 Å². The second kappa shape index (κ2) is 15.3. The molecule has 0 heterocycles. The summed E-state index contributed by atoms with van der Waals surface area (Å²) in [6.07, 6.45) is 3.67. The van der Waals surface area contributed by atoms with Gasteiger partial charge < -0.3 is 9.47 Å². The summed E-state index contributed by atoms with van der Waals surface area (Å²) in [6, 6.07) is 45.8. The Morgan fingerprint density at radius 1 is 0.463 bits per heavy atom. The van der Waals surface area contributed by atoms with Crippen molar-refractivity contribution >= 4 is 29.5 Å². The fraction of sp³-hybridized carbons (Fsp3) is 0.0857. The van der Waals surface area contributed by atoms with E-state index in [1.54, 1.807) is 14.2 Å². The van der Waals surface area contributed by atoms with Crippen molar-refractivity contribution in [2.24, 2.45) is 10.2 Å². The number of para-hydroxylation sites is 3. The maximum absolute atomic E-state index is 5.18. The first kappa shape index (κ1) is 28.6. The van der Waals surface area contributed by atoms with Crippen molar-refractivity contribution in [2.45, 2.75) is 0 Å². The predicted octanol–water partition coefficient (Wildman–Crippen LogP) is 8.03. The quantitative estimate of drug-likeness (QED) is 0.140. The van der Waals surface area contributed by atoms with Crippen LogP contribution in [0, 0.1) is 0 Å². The molecule has 0 spiro atoms. The van der Waals surface area contributed by atoms with Crippen LogP contribution in [-0.4, -0.2) is 33.7 Å². The molecule has 5 aromatic carbocycles. The lowest BCUT2D eigenvalue weighted by Gasteiger charge is -2.19. The monoisotopic (exact) mass is 542 g/mol. The van der Waals surface area contributed by atoms with E-state index >= 15 is 0 Å². The molecule has 0 amide bonds. The van der Waals surface area contributed by atoms with Crippen LogP contribution >= 0.6 is 0 Å². The molecular formula is C35H34N4O2. The molecule has 0 radical (unpaired) electrons. The van der Waals surface area contributed by atoms with E-state index in [9.17, 15) is 0 Å². The fourth-order valence-corrected chi connectivity index (χ4v) is 3.79. The molecule has 0 atom stereocenters. The Labute approximate surface area is 242 Å². The van der Waals surface area contributed by atoms with Gasteiger partial charge in [-0.25, -0.2) is 5.01 Å². The van der Waals surface area contributed by atoms with Crippen molar-refractivity contribution < 1.29 is 9.47 Å². The second-order valence-corrected chi connectivity index (χ2v) is 8.88. The zero-order chi connectivity index (χ0) is 28.7. The highest BCUT2D eigenvalue weighted by atomic mass is 16.5. The molecule has 5 aromatic rings. The largest absolute Gasteiger partial charge is 0.497 e. The standard InChI is InChI=1S/C20H18N2O.C15H16N2O/c1-23-20-14-12-17(13-15-20)16-21-22(18-8-4-2-5-9-18)19-10-6-3-7-11-19;1-17(14-6-4-3-5-7-14)16-12-13-8-10-15(18-2)11-9-13/h2-16H,1H3;3-12H,1-2H3. The van der Waals surface area contributed by atoms with Crippen LogP contribution in [0.5, 0.6) is 11.5 Å². The lowest BCUT2D eigenvalue weighted by atomic mass is 10.2. The maximum Gasteiger partial charge on any atom is 0.118 e. The van der Waals surface area contributed by atoms with Crippen LogP contribution in [0.25, 0.3) is 0 Å². The molecule has 0 saturated heterocycles. The van der Waals surface area contributed by atoms with Gasteiger partial charge in [-0.15, -0.1) is 0 Å². The normalized spacial score (nSPS) is 10.6.